The first-order valence-electron chi connectivity index (χ1n) is 6.96. The number of rotatable bonds is 5. The Morgan fingerprint density at radius 2 is 1.75 bits per heavy atom. The van der Waals surface area contributed by atoms with Crippen molar-refractivity contribution in [3.8, 4) is 0 Å². The number of hydrogen-bond donors (Lipinski definition) is 1. The molecule has 3 heteroatoms. The van der Waals surface area contributed by atoms with E-state index in [4.69, 9.17) is 0 Å². The van der Waals surface area contributed by atoms with Crippen molar-refractivity contribution >= 4 is 11.4 Å². The lowest BCUT2D eigenvalue weighted by molar-refractivity contribution is 0.627. The summed E-state index contributed by atoms with van der Waals surface area (Å²) in [5, 5.41) is 3.27. The lowest BCUT2D eigenvalue weighted by atomic mass is 10.0. The molecule has 0 bridgehead atoms. The molecule has 0 aliphatic rings. The zero-order valence-corrected chi connectivity index (χ0v) is 12.2. The average molecular weight is 272 g/mol. The van der Waals surface area contributed by atoms with Crippen LogP contribution in [-0.2, 0) is 0 Å². The topological polar surface area (TPSA) is 15.3 Å². The van der Waals surface area contributed by atoms with Crippen LogP contribution in [0.15, 0.2) is 48.5 Å². The molecule has 2 nitrogen and oxygen atoms in total. The molecule has 0 fully saturated rings. The summed E-state index contributed by atoms with van der Waals surface area (Å²) in [5.74, 6) is -0.207. The van der Waals surface area contributed by atoms with Crippen molar-refractivity contribution in [2.75, 3.05) is 18.5 Å². The highest BCUT2D eigenvalue weighted by Crippen LogP contribution is 2.31. The maximum absolute atomic E-state index is 13.1. The largest absolute Gasteiger partial charge is 0.341 e. The molecular formula is C17H21FN2. The normalized spacial score (nSPS) is 12.2. The molecule has 0 aliphatic heterocycles. The van der Waals surface area contributed by atoms with Crippen LogP contribution in [0.2, 0.25) is 0 Å². The van der Waals surface area contributed by atoms with Gasteiger partial charge in [0.2, 0.25) is 0 Å². The lowest BCUT2D eigenvalue weighted by Crippen LogP contribution is -2.21. The predicted octanol–water partition coefficient (Wildman–Crippen LogP) is 4.26. The lowest BCUT2D eigenvalue weighted by Gasteiger charge is -2.28. The summed E-state index contributed by atoms with van der Waals surface area (Å²) in [6, 6.07) is 15.2. The molecule has 106 valence electrons. The first-order valence-corrected chi connectivity index (χ1v) is 6.96. The number of hydrogen-bond acceptors (Lipinski definition) is 2. The molecule has 0 saturated heterocycles. The molecule has 0 aromatic heterocycles. The minimum atomic E-state index is -0.207. The predicted molar refractivity (Wildman–Crippen MR) is 83.0 cm³/mol. The highest BCUT2D eigenvalue weighted by atomic mass is 19.1. The summed E-state index contributed by atoms with van der Waals surface area (Å²) in [5.41, 5.74) is 3.40. The van der Waals surface area contributed by atoms with Gasteiger partial charge in [-0.05, 0) is 56.8 Å². The molecule has 20 heavy (non-hydrogen) atoms. The van der Waals surface area contributed by atoms with Crippen LogP contribution >= 0.6 is 0 Å². The fraction of sp³-hybridized carbons (Fsp3) is 0.294. The van der Waals surface area contributed by atoms with Crippen LogP contribution in [-0.4, -0.2) is 13.6 Å². The SMILES string of the molecule is CCN(c1ccc(F)cc1)c1ccccc1C(C)NC. The Bertz CT molecular complexity index is 551. The van der Waals surface area contributed by atoms with E-state index in [-0.39, 0.29) is 11.9 Å². The number of nitrogens with zero attached hydrogens (tertiary/aromatic N) is 1. The third-order valence-corrected chi connectivity index (χ3v) is 3.58. The summed E-state index contributed by atoms with van der Waals surface area (Å²) >= 11 is 0. The van der Waals surface area contributed by atoms with Crippen LogP contribution in [0.4, 0.5) is 15.8 Å². The van der Waals surface area contributed by atoms with E-state index in [1.807, 2.05) is 31.3 Å². The van der Waals surface area contributed by atoms with Gasteiger partial charge in [0.1, 0.15) is 5.82 Å². The Morgan fingerprint density at radius 3 is 2.35 bits per heavy atom. The van der Waals surface area contributed by atoms with Gasteiger partial charge in [-0.1, -0.05) is 18.2 Å². The van der Waals surface area contributed by atoms with Crippen LogP contribution in [0.1, 0.15) is 25.5 Å². The van der Waals surface area contributed by atoms with Crippen molar-refractivity contribution in [1.82, 2.24) is 5.32 Å². The average Bonchev–Trinajstić information content (AvgIpc) is 2.49. The van der Waals surface area contributed by atoms with Gasteiger partial charge in [0.15, 0.2) is 0 Å². The van der Waals surface area contributed by atoms with Crippen molar-refractivity contribution < 1.29 is 4.39 Å². The zero-order valence-electron chi connectivity index (χ0n) is 12.2. The Kier molecular flexibility index (Phi) is 4.74. The van der Waals surface area contributed by atoms with E-state index >= 15 is 0 Å². The molecule has 0 saturated carbocycles. The van der Waals surface area contributed by atoms with Gasteiger partial charge in [-0.2, -0.15) is 0 Å². The van der Waals surface area contributed by atoms with Crippen molar-refractivity contribution in [1.29, 1.82) is 0 Å². The first kappa shape index (κ1) is 14.5. The van der Waals surface area contributed by atoms with Crippen molar-refractivity contribution in [3.63, 3.8) is 0 Å². The van der Waals surface area contributed by atoms with Crippen LogP contribution in [0.5, 0.6) is 0 Å². The monoisotopic (exact) mass is 272 g/mol. The Hall–Kier alpha value is -1.87. The molecule has 0 spiro atoms. The van der Waals surface area contributed by atoms with Gasteiger partial charge >= 0.3 is 0 Å². The molecule has 1 N–H and O–H groups in total. The molecule has 0 radical (unpaired) electrons. The standard InChI is InChI=1S/C17H21FN2/c1-4-20(15-11-9-14(18)10-12-15)17-8-6-5-7-16(17)13(2)19-3/h5-13,19H,4H2,1-3H3. The number of anilines is 2. The van der Waals surface area contributed by atoms with E-state index in [2.05, 4.69) is 36.2 Å². The minimum absolute atomic E-state index is 0.207. The highest BCUT2D eigenvalue weighted by molar-refractivity contribution is 5.67. The van der Waals surface area contributed by atoms with Gasteiger partial charge in [-0.15, -0.1) is 0 Å². The molecule has 0 aliphatic carbocycles. The van der Waals surface area contributed by atoms with Crippen LogP contribution < -0.4 is 10.2 Å². The van der Waals surface area contributed by atoms with Gasteiger partial charge in [-0.25, -0.2) is 4.39 Å². The van der Waals surface area contributed by atoms with E-state index < -0.39 is 0 Å². The van der Waals surface area contributed by atoms with E-state index in [0.29, 0.717) is 0 Å². The second kappa shape index (κ2) is 6.53. The summed E-state index contributed by atoms with van der Waals surface area (Å²) in [6.07, 6.45) is 0. The maximum atomic E-state index is 13.1. The second-order valence-electron chi connectivity index (χ2n) is 4.79. The number of halogens is 1. The van der Waals surface area contributed by atoms with E-state index in [1.165, 1.54) is 17.7 Å². The van der Waals surface area contributed by atoms with E-state index in [9.17, 15) is 4.39 Å². The van der Waals surface area contributed by atoms with Crippen LogP contribution in [0.3, 0.4) is 0 Å². The summed E-state index contributed by atoms with van der Waals surface area (Å²) in [4.78, 5) is 2.20. The fourth-order valence-electron chi connectivity index (χ4n) is 2.37. The molecule has 2 rings (SSSR count). The Balaban J connectivity index is 2.44. The third-order valence-electron chi connectivity index (χ3n) is 3.58. The molecule has 0 amide bonds. The second-order valence-corrected chi connectivity index (χ2v) is 4.79. The molecule has 1 atom stereocenters. The van der Waals surface area contributed by atoms with Gasteiger partial charge in [0.25, 0.3) is 0 Å². The maximum Gasteiger partial charge on any atom is 0.123 e. The first-order chi connectivity index (χ1) is 9.67. The summed E-state index contributed by atoms with van der Waals surface area (Å²) in [7, 11) is 1.95. The van der Waals surface area contributed by atoms with Gasteiger partial charge in [-0.3, -0.25) is 0 Å². The van der Waals surface area contributed by atoms with E-state index in [1.54, 1.807) is 0 Å². The smallest absolute Gasteiger partial charge is 0.123 e. The van der Waals surface area contributed by atoms with Crippen LogP contribution in [0.25, 0.3) is 0 Å². The van der Waals surface area contributed by atoms with Gasteiger partial charge in [0, 0.05) is 24.0 Å². The van der Waals surface area contributed by atoms with E-state index in [0.717, 1.165) is 17.9 Å². The third kappa shape index (κ3) is 2.99. The quantitative estimate of drug-likeness (QED) is 0.874. The van der Waals surface area contributed by atoms with Gasteiger partial charge in [0.05, 0.1) is 0 Å². The minimum Gasteiger partial charge on any atom is -0.341 e. The van der Waals surface area contributed by atoms with Crippen molar-refractivity contribution in [3.05, 3.63) is 59.9 Å². The van der Waals surface area contributed by atoms with Crippen LogP contribution in [0, 0.1) is 5.82 Å². The Labute approximate surface area is 120 Å². The number of para-hydroxylation sites is 1. The Morgan fingerprint density at radius 1 is 1.10 bits per heavy atom. The number of nitrogens with one attached hydrogen (secondary N) is 1. The fourth-order valence-corrected chi connectivity index (χ4v) is 2.37. The molecule has 0 heterocycles. The molecular weight excluding hydrogens is 251 g/mol. The summed E-state index contributed by atoms with van der Waals surface area (Å²) in [6.45, 7) is 5.07. The molecule has 2 aromatic carbocycles. The molecule has 2 aromatic rings. The highest BCUT2D eigenvalue weighted by Gasteiger charge is 2.14. The number of benzene rings is 2. The molecule has 1 unspecified atom stereocenters. The zero-order chi connectivity index (χ0) is 14.5. The van der Waals surface area contributed by atoms with Gasteiger partial charge < -0.3 is 10.2 Å². The van der Waals surface area contributed by atoms with Crippen molar-refractivity contribution in [2.24, 2.45) is 0 Å². The summed E-state index contributed by atoms with van der Waals surface area (Å²) < 4.78 is 13.1. The van der Waals surface area contributed by atoms with Crippen molar-refractivity contribution in [2.45, 2.75) is 19.9 Å².